The van der Waals surface area contributed by atoms with Gasteiger partial charge in [0.05, 0.1) is 17.9 Å². The minimum Gasteiger partial charge on any atom is -0.497 e. The van der Waals surface area contributed by atoms with Gasteiger partial charge in [0.2, 0.25) is 5.91 Å². The van der Waals surface area contributed by atoms with Gasteiger partial charge in [-0.2, -0.15) is 0 Å². The Hall–Kier alpha value is -2.34. The Labute approximate surface area is 176 Å². The number of nitrogens with zero attached hydrogens (tertiary/aromatic N) is 1. The van der Waals surface area contributed by atoms with E-state index in [0.29, 0.717) is 19.6 Å². The fourth-order valence-electron chi connectivity index (χ4n) is 4.86. The zero-order chi connectivity index (χ0) is 20.3. The van der Waals surface area contributed by atoms with Gasteiger partial charge in [-0.25, -0.2) is 0 Å². The fraction of sp³-hybridized carbons (Fsp3) is 0.478. The largest absolute Gasteiger partial charge is 0.497 e. The van der Waals surface area contributed by atoms with E-state index in [1.165, 1.54) is 17.8 Å². The van der Waals surface area contributed by atoms with E-state index in [4.69, 9.17) is 4.74 Å². The van der Waals surface area contributed by atoms with Gasteiger partial charge in [0.25, 0.3) is 5.91 Å². The number of carbonyl (C=O) groups excluding carboxylic acids is 2. The topological polar surface area (TPSA) is 58.6 Å². The quantitative estimate of drug-likeness (QED) is 0.805. The van der Waals surface area contributed by atoms with Gasteiger partial charge < -0.3 is 15.0 Å². The number of thiophene rings is 1. The average Bonchev–Trinajstić information content (AvgIpc) is 3.41. The van der Waals surface area contributed by atoms with Crippen LogP contribution in [-0.2, 0) is 11.3 Å². The molecule has 154 valence electrons. The molecule has 4 rings (SSSR count). The maximum absolute atomic E-state index is 13.2. The summed E-state index contributed by atoms with van der Waals surface area (Å²) in [5.74, 6) is 0.810. The van der Waals surface area contributed by atoms with E-state index in [0.717, 1.165) is 41.9 Å². The third-order valence-electron chi connectivity index (χ3n) is 6.46. The van der Waals surface area contributed by atoms with E-state index in [9.17, 15) is 9.59 Å². The Morgan fingerprint density at radius 3 is 2.59 bits per heavy atom. The van der Waals surface area contributed by atoms with Gasteiger partial charge in [-0.15, -0.1) is 11.3 Å². The number of amides is 2. The van der Waals surface area contributed by atoms with Gasteiger partial charge in [-0.1, -0.05) is 37.5 Å². The summed E-state index contributed by atoms with van der Waals surface area (Å²) in [7, 11) is 1.64. The molecule has 1 aromatic carbocycles. The maximum atomic E-state index is 13.2. The fourth-order valence-corrected chi connectivity index (χ4v) is 5.55. The highest BCUT2D eigenvalue weighted by atomic mass is 32.1. The number of hydrogen-bond acceptors (Lipinski definition) is 4. The van der Waals surface area contributed by atoms with Crippen molar-refractivity contribution in [3.63, 3.8) is 0 Å². The van der Waals surface area contributed by atoms with Crippen LogP contribution in [0.5, 0.6) is 5.75 Å². The molecule has 1 saturated carbocycles. The second kappa shape index (κ2) is 8.57. The molecule has 2 aliphatic rings. The van der Waals surface area contributed by atoms with Gasteiger partial charge in [0, 0.05) is 25.0 Å². The SMILES string of the molecule is COc1ccc(CNC(=O)C2CN(C(=O)c3cccs3)CC23CCCCC3)cc1. The molecule has 2 amide bonds. The molecule has 2 aromatic rings. The molecular weight excluding hydrogens is 384 g/mol. The minimum absolute atomic E-state index is 0.0652. The number of methoxy groups -OCH3 is 1. The van der Waals surface area contributed by atoms with Gasteiger partial charge in [0.15, 0.2) is 0 Å². The van der Waals surface area contributed by atoms with E-state index in [1.807, 2.05) is 46.7 Å². The van der Waals surface area contributed by atoms with Crippen LogP contribution in [0.1, 0.15) is 47.3 Å². The number of ether oxygens (including phenoxy) is 1. The van der Waals surface area contributed by atoms with Crippen LogP contribution in [0.4, 0.5) is 0 Å². The predicted molar refractivity (Wildman–Crippen MR) is 114 cm³/mol. The summed E-state index contributed by atoms with van der Waals surface area (Å²) in [4.78, 5) is 28.8. The molecule has 0 radical (unpaired) electrons. The highest BCUT2D eigenvalue weighted by Crippen LogP contribution is 2.48. The Bertz CT molecular complexity index is 842. The Balaban J connectivity index is 1.46. The number of rotatable bonds is 5. The van der Waals surface area contributed by atoms with Crippen molar-refractivity contribution >= 4 is 23.2 Å². The second-order valence-electron chi connectivity index (χ2n) is 8.20. The molecule has 1 N–H and O–H groups in total. The molecule has 6 heteroatoms. The van der Waals surface area contributed by atoms with Crippen LogP contribution in [0.25, 0.3) is 0 Å². The molecular formula is C23H28N2O3S. The van der Waals surface area contributed by atoms with E-state index in [1.54, 1.807) is 7.11 Å². The van der Waals surface area contributed by atoms with Crippen molar-refractivity contribution in [2.45, 2.75) is 38.6 Å². The third-order valence-corrected chi connectivity index (χ3v) is 7.32. The normalized spacial score (nSPS) is 20.6. The van der Waals surface area contributed by atoms with E-state index in [-0.39, 0.29) is 23.1 Å². The lowest BCUT2D eigenvalue weighted by atomic mass is 9.67. The second-order valence-corrected chi connectivity index (χ2v) is 9.15. The molecule has 0 bridgehead atoms. The molecule has 5 nitrogen and oxygen atoms in total. The predicted octanol–water partition coefficient (Wildman–Crippen LogP) is 4.10. The highest BCUT2D eigenvalue weighted by Gasteiger charge is 2.51. The first-order valence-electron chi connectivity index (χ1n) is 10.3. The molecule has 2 heterocycles. The molecule has 1 saturated heterocycles. The molecule has 29 heavy (non-hydrogen) atoms. The van der Waals surface area contributed by atoms with Crippen LogP contribution < -0.4 is 10.1 Å². The lowest BCUT2D eigenvalue weighted by Crippen LogP contribution is -2.42. The lowest BCUT2D eigenvalue weighted by Gasteiger charge is -2.37. The van der Waals surface area contributed by atoms with Crippen LogP contribution in [0.15, 0.2) is 41.8 Å². The first-order valence-corrected chi connectivity index (χ1v) is 11.2. The van der Waals surface area contributed by atoms with E-state index >= 15 is 0 Å². The molecule has 1 aromatic heterocycles. The Morgan fingerprint density at radius 1 is 1.17 bits per heavy atom. The summed E-state index contributed by atoms with van der Waals surface area (Å²) in [6.45, 7) is 1.71. The summed E-state index contributed by atoms with van der Waals surface area (Å²) in [6, 6.07) is 11.5. The van der Waals surface area contributed by atoms with Crippen LogP contribution >= 0.6 is 11.3 Å². The Morgan fingerprint density at radius 2 is 1.93 bits per heavy atom. The standard InChI is InChI=1S/C23H28N2O3S/c1-28-18-9-7-17(8-10-18)14-24-21(26)19-15-25(22(27)20-6-5-13-29-20)16-23(19)11-3-2-4-12-23/h5-10,13,19H,2-4,11-12,14-16H2,1H3,(H,24,26). The number of likely N-dealkylation sites (tertiary alicyclic amines) is 1. The van der Waals surface area contributed by atoms with Crippen molar-refractivity contribution < 1.29 is 14.3 Å². The molecule has 1 unspecified atom stereocenters. The lowest BCUT2D eigenvalue weighted by molar-refractivity contribution is -0.128. The molecule has 1 aliphatic heterocycles. The average molecular weight is 413 g/mol. The highest BCUT2D eigenvalue weighted by molar-refractivity contribution is 7.12. The molecule has 1 aliphatic carbocycles. The van der Waals surface area contributed by atoms with Crippen molar-refractivity contribution in [1.29, 1.82) is 0 Å². The smallest absolute Gasteiger partial charge is 0.263 e. The zero-order valence-electron chi connectivity index (χ0n) is 16.9. The molecule has 1 atom stereocenters. The summed E-state index contributed by atoms with van der Waals surface area (Å²) in [5.41, 5.74) is 0.969. The molecule has 2 fully saturated rings. The van der Waals surface area contributed by atoms with Crippen LogP contribution in [0, 0.1) is 11.3 Å². The maximum Gasteiger partial charge on any atom is 0.263 e. The van der Waals surface area contributed by atoms with Crippen molar-refractivity contribution in [2.75, 3.05) is 20.2 Å². The van der Waals surface area contributed by atoms with Crippen LogP contribution in [-0.4, -0.2) is 36.9 Å². The summed E-state index contributed by atoms with van der Waals surface area (Å²) >= 11 is 1.47. The monoisotopic (exact) mass is 412 g/mol. The van der Waals surface area contributed by atoms with E-state index in [2.05, 4.69) is 5.32 Å². The minimum atomic E-state index is -0.134. The number of hydrogen-bond donors (Lipinski definition) is 1. The first-order chi connectivity index (χ1) is 14.1. The van der Waals surface area contributed by atoms with Crippen LogP contribution in [0.3, 0.4) is 0 Å². The third kappa shape index (κ3) is 4.17. The summed E-state index contributed by atoms with van der Waals surface area (Å²) in [5, 5.41) is 5.06. The first kappa shape index (κ1) is 20.0. The summed E-state index contributed by atoms with van der Waals surface area (Å²) in [6.07, 6.45) is 5.57. The molecule has 1 spiro atoms. The van der Waals surface area contributed by atoms with Gasteiger partial charge in [0.1, 0.15) is 5.75 Å². The van der Waals surface area contributed by atoms with Crippen molar-refractivity contribution in [1.82, 2.24) is 10.2 Å². The zero-order valence-corrected chi connectivity index (χ0v) is 17.7. The van der Waals surface area contributed by atoms with Gasteiger partial charge >= 0.3 is 0 Å². The van der Waals surface area contributed by atoms with Gasteiger partial charge in [-0.05, 0) is 42.0 Å². The van der Waals surface area contributed by atoms with Crippen molar-refractivity contribution in [3.8, 4) is 5.75 Å². The number of benzene rings is 1. The van der Waals surface area contributed by atoms with Crippen molar-refractivity contribution in [3.05, 3.63) is 52.2 Å². The van der Waals surface area contributed by atoms with Crippen molar-refractivity contribution in [2.24, 2.45) is 11.3 Å². The number of carbonyl (C=O) groups is 2. The summed E-state index contributed by atoms with van der Waals surface area (Å²) < 4.78 is 5.19. The Kier molecular flexibility index (Phi) is 5.90. The number of nitrogens with one attached hydrogen (secondary N) is 1. The van der Waals surface area contributed by atoms with Gasteiger partial charge in [-0.3, -0.25) is 9.59 Å². The van der Waals surface area contributed by atoms with E-state index < -0.39 is 0 Å². The van der Waals surface area contributed by atoms with Crippen LogP contribution in [0.2, 0.25) is 0 Å².